The van der Waals surface area contributed by atoms with Crippen LogP contribution in [0, 0.1) is 0 Å². The van der Waals surface area contributed by atoms with Gasteiger partial charge in [0.2, 0.25) is 0 Å². The molecular weight excluding hydrogens is 238 g/mol. The molecule has 4 heteroatoms. The van der Waals surface area contributed by atoms with Gasteiger partial charge < -0.3 is 15.5 Å². The zero-order valence-corrected chi connectivity index (χ0v) is 11.8. The molecule has 1 unspecified atom stereocenters. The number of benzene rings is 1. The molecule has 0 saturated heterocycles. The number of hydrogen-bond donors (Lipinski definition) is 2. The van der Waals surface area contributed by atoms with Crippen LogP contribution < -0.4 is 10.5 Å². The SMILES string of the molecule is CCCCC(N)c1nc2ccc(OCCC)cc2[nH]1. The van der Waals surface area contributed by atoms with E-state index in [4.69, 9.17) is 10.5 Å². The van der Waals surface area contributed by atoms with Gasteiger partial charge in [-0.1, -0.05) is 26.7 Å². The van der Waals surface area contributed by atoms with E-state index in [1.165, 1.54) is 0 Å². The van der Waals surface area contributed by atoms with E-state index < -0.39 is 0 Å². The summed E-state index contributed by atoms with van der Waals surface area (Å²) in [4.78, 5) is 7.86. The number of fused-ring (bicyclic) bond motifs is 1. The van der Waals surface area contributed by atoms with Crippen molar-refractivity contribution < 1.29 is 4.74 Å². The van der Waals surface area contributed by atoms with Gasteiger partial charge in [-0.25, -0.2) is 4.98 Å². The smallest absolute Gasteiger partial charge is 0.124 e. The fourth-order valence-corrected chi connectivity index (χ4v) is 2.05. The molecule has 0 saturated carbocycles. The van der Waals surface area contributed by atoms with Gasteiger partial charge in [0.1, 0.15) is 11.6 Å². The molecule has 4 nitrogen and oxygen atoms in total. The molecule has 0 aliphatic heterocycles. The molecule has 2 aromatic rings. The predicted octanol–water partition coefficient (Wildman–Crippen LogP) is 3.54. The minimum atomic E-state index is -0.00707. The maximum atomic E-state index is 6.14. The standard InChI is InChI=1S/C15H23N3O/c1-3-5-6-12(16)15-17-13-8-7-11(19-9-4-2)10-14(13)18-15/h7-8,10,12H,3-6,9,16H2,1-2H3,(H,17,18). The fourth-order valence-electron chi connectivity index (χ4n) is 2.05. The number of aromatic amines is 1. The second-order valence-corrected chi connectivity index (χ2v) is 4.90. The Hall–Kier alpha value is -1.55. The number of rotatable bonds is 7. The lowest BCUT2D eigenvalue weighted by Crippen LogP contribution is -2.11. The summed E-state index contributed by atoms with van der Waals surface area (Å²) in [7, 11) is 0. The number of ether oxygens (including phenoxy) is 1. The zero-order chi connectivity index (χ0) is 13.7. The highest BCUT2D eigenvalue weighted by Crippen LogP contribution is 2.22. The van der Waals surface area contributed by atoms with Gasteiger partial charge in [0.05, 0.1) is 23.7 Å². The molecule has 3 N–H and O–H groups in total. The summed E-state index contributed by atoms with van der Waals surface area (Å²) in [6.07, 6.45) is 4.26. The third-order valence-electron chi connectivity index (χ3n) is 3.16. The Kier molecular flexibility index (Phi) is 4.80. The minimum absolute atomic E-state index is 0.00707. The number of nitrogens with one attached hydrogen (secondary N) is 1. The summed E-state index contributed by atoms with van der Waals surface area (Å²) in [5, 5.41) is 0. The number of nitrogens with two attached hydrogens (primary N) is 1. The Morgan fingerprint density at radius 2 is 2.16 bits per heavy atom. The average Bonchev–Trinajstić information content (AvgIpc) is 2.85. The first-order valence-electron chi connectivity index (χ1n) is 7.12. The molecule has 0 bridgehead atoms. The van der Waals surface area contributed by atoms with Gasteiger partial charge in [0.25, 0.3) is 0 Å². The fraction of sp³-hybridized carbons (Fsp3) is 0.533. The van der Waals surface area contributed by atoms with E-state index in [2.05, 4.69) is 23.8 Å². The number of unbranched alkanes of at least 4 members (excludes halogenated alkanes) is 1. The highest BCUT2D eigenvalue weighted by molar-refractivity contribution is 5.76. The molecule has 0 radical (unpaired) electrons. The summed E-state index contributed by atoms with van der Waals surface area (Å²) in [6.45, 7) is 5.00. The van der Waals surface area contributed by atoms with Crippen LogP contribution in [0.15, 0.2) is 18.2 Å². The summed E-state index contributed by atoms with van der Waals surface area (Å²) in [5.41, 5.74) is 8.08. The van der Waals surface area contributed by atoms with Gasteiger partial charge in [-0.3, -0.25) is 0 Å². The highest BCUT2D eigenvalue weighted by atomic mass is 16.5. The lowest BCUT2D eigenvalue weighted by Gasteiger charge is -2.06. The monoisotopic (exact) mass is 261 g/mol. The van der Waals surface area contributed by atoms with Crippen LogP contribution in [0.25, 0.3) is 11.0 Å². The van der Waals surface area contributed by atoms with E-state index in [9.17, 15) is 0 Å². The molecular formula is C15H23N3O. The third-order valence-corrected chi connectivity index (χ3v) is 3.16. The van der Waals surface area contributed by atoms with Crippen LogP contribution in [0.5, 0.6) is 5.75 Å². The van der Waals surface area contributed by atoms with E-state index >= 15 is 0 Å². The summed E-state index contributed by atoms with van der Waals surface area (Å²) >= 11 is 0. The summed E-state index contributed by atoms with van der Waals surface area (Å²) in [6, 6.07) is 5.92. The normalized spacial score (nSPS) is 12.8. The van der Waals surface area contributed by atoms with Gasteiger partial charge in [-0.05, 0) is 25.0 Å². The topological polar surface area (TPSA) is 63.9 Å². The Morgan fingerprint density at radius 1 is 1.32 bits per heavy atom. The molecule has 0 fully saturated rings. The molecule has 1 atom stereocenters. The molecule has 0 aliphatic carbocycles. The lowest BCUT2D eigenvalue weighted by atomic mass is 10.1. The van der Waals surface area contributed by atoms with Crippen molar-refractivity contribution in [3.8, 4) is 5.75 Å². The first-order valence-corrected chi connectivity index (χ1v) is 7.12. The molecule has 0 aliphatic rings. The Bertz CT molecular complexity index is 521. The third kappa shape index (κ3) is 3.47. The van der Waals surface area contributed by atoms with Gasteiger partial charge in [-0.15, -0.1) is 0 Å². The molecule has 1 heterocycles. The zero-order valence-electron chi connectivity index (χ0n) is 11.8. The molecule has 1 aromatic heterocycles. The van der Waals surface area contributed by atoms with Crippen molar-refractivity contribution in [3.05, 3.63) is 24.0 Å². The van der Waals surface area contributed by atoms with Gasteiger partial charge in [0, 0.05) is 6.07 Å². The van der Waals surface area contributed by atoms with Gasteiger partial charge in [0.15, 0.2) is 0 Å². The van der Waals surface area contributed by atoms with E-state index in [0.29, 0.717) is 0 Å². The number of imidazole rings is 1. The lowest BCUT2D eigenvalue weighted by molar-refractivity contribution is 0.318. The van der Waals surface area contributed by atoms with E-state index in [0.717, 1.165) is 54.9 Å². The van der Waals surface area contributed by atoms with Crippen molar-refractivity contribution in [2.45, 2.75) is 45.6 Å². The van der Waals surface area contributed by atoms with Crippen molar-refractivity contribution in [2.24, 2.45) is 5.73 Å². The van der Waals surface area contributed by atoms with Crippen LogP contribution in [0.4, 0.5) is 0 Å². The van der Waals surface area contributed by atoms with Crippen molar-refractivity contribution in [1.29, 1.82) is 0 Å². The molecule has 19 heavy (non-hydrogen) atoms. The first-order chi connectivity index (χ1) is 9.24. The maximum absolute atomic E-state index is 6.14. The molecule has 2 rings (SSSR count). The van der Waals surface area contributed by atoms with Crippen LogP contribution in [0.2, 0.25) is 0 Å². The maximum Gasteiger partial charge on any atom is 0.124 e. The molecule has 0 spiro atoms. The Morgan fingerprint density at radius 3 is 2.89 bits per heavy atom. The second kappa shape index (κ2) is 6.57. The number of H-pyrrole nitrogens is 1. The van der Waals surface area contributed by atoms with E-state index in [1.54, 1.807) is 0 Å². The van der Waals surface area contributed by atoms with Crippen LogP contribution in [0.1, 0.15) is 51.4 Å². The van der Waals surface area contributed by atoms with Crippen molar-refractivity contribution in [2.75, 3.05) is 6.61 Å². The number of hydrogen-bond acceptors (Lipinski definition) is 3. The number of nitrogens with zero attached hydrogens (tertiary/aromatic N) is 1. The Balaban J connectivity index is 2.15. The van der Waals surface area contributed by atoms with E-state index in [-0.39, 0.29) is 6.04 Å². The quantitative estimate of drug-likeness (QED) is 0.801. The summed E-state index contributed by atoms with van der Waals surface area (Å²) < 4.78 is 5.62. The van der Waals surface area contributed by atoms with Crippen LogP contribution in [-0.4, -0.2) is 16.6 Å². The Labute approximate surface area is 114 Å². The van der Waals surface area contributed by atoms with E-state index in [1.807, 2.05) is 18.2 Å². The van der Waals surface area contributed by atoms with Crippen molar-refractivity contribution in [3.63, 3.8) is 0 Å². The minimum Gasteiger partial charge on any atom is -0.494 e. The van der Waals surface area contributed by atoms with Gasteiger partial charge in [-0.2, -0.15) is 0 Å². The van der Waals surface area contributed by atoms with Crippen molar-refractivity contribution >= 4 is 11.0 Å². The average molecular weight is 261 g/mol. The largest absolute Gasteiger partial charge is 0.494 e. The number of aromatic nitrogens is 2. The van der Waals surface area contributed by atoms with Crippen LogP contribution in [0.3, 0.4) is 0 Å². The van der Waals surface area contributed by atoms with Crippen LogP contribution in [-0.2, 0) is 0 Å². The molecule has 0 amide bonds. The predicted molar refractivity (Wildman–Crippen MR) is 78.3 cm³/mol. The van der Waals surface area contributed by atoms with Crippen molar-refractivity contribution in [1.82, 2.24) is 9.97 Å². The summed E-state index contributed by atoms with van der Waals surface area (Å²) in [5.74, 6) is 1.75. The molecule has 1 aromatic carbocycles. The van der Waals surface area contributed by atoms with Gasteiger partial charge >= 0.3 is 0 Å². The van der Waals surface area contributed by atoms with Crippen LogP contribution >= 0.6 is 0 Å². The first kappa shape index (κ1) is 13.9. The highest BCUT2D eigenvalue weighted by Gasteiger charge is 2.11. The second-order valence-electron chi connectivity index (χ2n) is 4.90. The molecule has 104 valence electrons.